The van der Waals surface area contributed by atoms with Crippen molar-refractivity contribution in [3.8, 4) is 0 Å². The van der Waals surface area contributed by atoms with Crippen LogP contribution in [0.1, 0.15) is 6.42 Å². The first-order valence-electron chi connectivity index (χ1n) is 5.12. The fourth-order valence-corrected chi connectivity index (χ4v) is 3.98. The molecule has 0 aromatic rings. The zero-order valence-corrected chi connectivity index (χ0v) is 16.8. The quantitative estimate of drug-likeness (QED) is 0.280. The van der Waals surface area contributed by atoms with Crippen molar-refractivity contribution in [3.05, 3.63) is 23.9 Å². The summed E-state index contributed by atoms with van der Waals surface area (Å²) in [4.78, 5) is 0. The number of hydrogen-bond acceptors (Lipinski definition) is 1. The molecule has 0 atom stereocenters. The SMILES string of the molecule is C[SiH](C)C[N+](C)(C)C1=CC=CC1.O=[P]#[Zr+].[Cl-].[Cl-]. The Labute approximate surface area is 134 Å². The molecule has 0 unspecified atom stereocenters. The first kappa shape index (κ1) is 23.4. The second-order valence-electron chi connectivity index (χ2n) is 4.64. The monoisotopic (exact) mass is 389 g/mol. The predicted molar refractivity (Wildman–Crippen MR) is 65.3 cm³/mol. The van der Waals surface area contributed by atoms with Crippen molar-refractivity contribution in [3.63, 3.8) is 0 Å². The van der Waals surface area contributed by atoms with Gasteiger partial charge in [0.2, 0.25) is 0 Å². The van der Waals surface area contributed by atoms with Gasteiger partial charge in [-0.3, -0.25) is 0 Å². The molecule has 0 bridgehead atoms. The molecule has 0 radical (unpaired) electrons. The molecule has 0 N–H and O–H groups in total. The molecular formula is C10H20Cl2NOPSiZr. The van der Waals surface area contributed by atoms with Crippen LogP contribution < -0.4 is 24.8 Å². The smallest absolute Gasteiger partial charge is 1.00 e. The Kier molecular flexibility index (Phi) is 17.1. The first-order valence-corrected chi connectivity index (χ1v) is 12.4. The van der Waals surface area contributed by atoms with Crippen LogP contribution in [0.5, 0.6) is 0 Å². The van der Waals surface area contributed by atoms with Crippen LogP contribution in [0.2, 0.25) is 13.1 Å². The summed E-state index contributed by atoms with van der Waals surface area (Å²) in [5.41, 5.74) is 1.57. The van der Waals surface area contributed by atoms with E-state index in [4.69, 9.17) is 4.57 Å². The van der Waals surface area contributed by atoms with E-state index in [1.54, 1.807) is 5.70 Å². The number of allylic oxidation sites excluding steroid dienone is 3. The Morgan fingerprint density at radius 1 is 1.41 bits per heavy atom. The molecule has 1 rings (SSSR count). The summed E-state index contributed by atoms with van der Waals surface area (Å²) in [6, 6.07) is 0. The van der Waals surface area contributed by atoms with E-state index < -0.39 is 8.80 Å². The van der Waals surface area contributed by atoms with Crippen molar-refractivity contribution in [1.29, 1.82) is 0 Å². The summed E-state index contributed by atoms with van der Waals surface area (Å²) in [6.45, 7) is 4.84. The molecule has 98 valence electrons. The fourth-order valence-electron chi connectivity index (χ4n) is 1.91. The van der Waals surface area contributed by atoms with Gasteiger partial charge < -0.3 is 29.3 Å². The van der Waals surface area contributed by atoms with Crippen molar-refractivity contribution >= 4 is 13.8 Å². The second kappa shape index (κ2) is 12.4. The minimum Gasteiger partial charge on any atom is -1.00 e. The van der Waals surface area contributed by atoms with Gasteiger partial charge in [-0.05, 0) is 6.08 Å². The molecule has 0 amide bonds. The van der Waals surface area contributed by atoms with Crippen LogP contribution >= 0.6 is 5.05 Å². The van der Waals surface area contributed by atoms with E-state index in [0.29, 0.717) is 0 Å². The number of halogens is 2. The van der Waals surface area contributed by atoms with Crippen LogP contribution in [-0.4, -0.2) is 33.5 Å². The second-order valence-corrected chi connectivity index (χ2v) is 9.32. The van der Waals surface area contributed by atoms with E-state index in [0.717, 1.165) is 34.3 Å². The van der Waals surface area contributed by atoms with Gasteiger partial charge in [0.05, 0.1) is 29.1 Å². The van der Waals surface area contributed by atoms with E-state index in [9.17, 15) is 0 Å². The molecule has 0 aromatic heterocycles. The molecular weight excluding hydrogens is 371 g/mol. The molecule has 0 fully saturated rings. The van der Waals surface area contributed by atoms with Crippen LogP contribution in [0.4, 0.5) is 0 Å². The van der Waals surface area contributed by atoms with Crippen LogP contribution in [0, 0.1) is 0 Å². The topological polar surface area (TPSA) is 17.1 Å². The summed E-state index contributed by atoms with van der Waals surface area (Å²) < 4.78 is 10.1. The molecule has 0 saturated heterocycles. The van der Waals surface area contributed by atoms with Crippen LogP contribution in [-0.2, 0) is 27.9 Å². The molecule has 0 heterocycles. The number of hydrogen-bond donors (Lipinski definition) is 0. The zero-order chi connectivity index (χ0) is 11.9. The van der Waals surface area contributed by atoms with E-state index in [-0.39, 0.29) is 29.9 Å². The van der Waals surface area contributed by atoms with Gasteiger partial charge in [-0.25, -0.2) is 0 Å². The molecule has 2 nitrogen and oxygen atoms in total. The summed E-state index contributed by atoms with van der Waals surface area (Å²) >= 11 is 1.05. The minimum atomic E-state index is -0.448. The van der Waals surface area contributed by atoms with Crippen molar-refractivity contribution in [2.75, 3.05) is 20.3 Å². The van der Waals surface area contributed by atoms with Crippen molar-refractivity contribution < 1.29 is 57.2 Å². The van der Waals surface area contributed by atoms with Gasteiger partial charge in [0.15, 0.2) is 0 Å². The molecule has 0 aliphatic heterocycles. The third-order valence-electron chi connectivity index (χ3n) is 2.35. The van der Waals surface area contributed by atoms with Crippen molar-refractivity contribution in [2.45, 2.75) is 19.5 Å². The van der Waals surface area contributed by atoms with Gasteiger partial charge in [-0.2, -0.15) is 0 Å². The summed E-state index contributed by atoms with van der Waals surface area (Å²) in [6.07, 6.45) is 9.23. The van der Waals surface area contributed by atoms with Gasteiger partial charge in [-0.15, -0.1) is 0 Å². The number of nitrogens with zero attached hydrogens (tertiary/aromatic N) is 1. The zero-order valence-electron chi connectivity index (χ0n) is 10.8. The molecule has 1 aliphatic carbocycles. The Morgan fingerprint density at radius 3 is 2.18 bits per heavy atom. The maximum Gasteiger partial charge on any atom is -1.00 e. The van der Waals surface area contributed by atoms with E-state index >= 15 is 0 Å². The van der Waals surface area contributed by atoms with Crippen molar-refractivity contribution in [2.24, 2.45) is 0 Å². The molecule has 0 aromatic carbocycles. The molecule has 7 heteroatoms. The normalized spacial score (nSPS) is 13.0. The van der Waals surface area contributed by atoms with Gasteiger partial charge in [-0.1, -0.05) is 25.2 Å². The predicted octanol–water partition coefficient (Wildman–Crippen LogP) is -3.32. The number of rotatable bonds is 3. The van der Waals surface area contributed by atoms with Crippen molar-refractivity contribution in [1.82, 2.24) is 0 Å². The molecule has 0 spiro atoms. The van der Waals surface area contributed by atoms with Gasteiger partial charge in [0.1, 0.15) is 5.70 Å². The Morgan fingerprint density at radius 2 is 1.88 bits per heavy atom. The Bertz CT molecular complexity index is 344. The first-order chi connectivity index (χ1) is 6.94. The van der Waals surface area contributed by atoms with Gasteiger partial charge in [0, 0.05) is 6.42 Å². The summed E-state index contributed by atoms with van der Waals surface area (Å²) in [7, 11) is 4.20. The van der Waals surface area contributed by atoms with Crippen LogP contribution in [0.3, 0.4) is 0 Å². The van der Waals surface area contributed by atoms with Gasteiger partial charge in [0.25, 0.3) is 0 Å². The maximum atomic E-state index is 8.94. The molecule has 17 heavy (non-hydrogen) atoms. The average molecular weight is 391 g/mol. The van der Waals surface area contributed by atoms with Crippen LogP contribution in [0.15, 0.2) is 23.9 Å². The van der Waals surface area contributed by atoms with E-state index in [1.807, 2.05) is 0 Å². The summed E-state index contributed by atoms with van der Waals surface area (Å²) in [5, 5.41) is 0.257. The number of quaternary nitrogens is 1. The molecule has 0 saturated carbocycles. The molecule has 1 aliphatic rings. The Hall–Kier alpha value is 1.35. The standard InChI is InChI=1S/C10H20NSi.2ClH.OP.Zr/c1-11(2,9-12(3)4)10-7-5-6-8-10;;;1-2;/h5-7,12H,8-9H2,1-4H3;2*1H;;/q+1;;;-1;+2/p-2. The van der Waals surface area contributed by atoms with E-state index in [1.165, 1.54) is 6.17 Å². The van der Waals surface area contributed by atoms with Gasteiger partial charge >= 0.3 is 33.0 Å². The van der Waals surface area contributed by atoms with Crippen LogP contribution in [0.25, 0.3) is 0 Å². The van der Waals surface area contributed by atoms with E-state index in [2.05, 4.69) is 45.4 Å². The fraction of sp³-hybridized carbons (Fsp3) is 0.600. The Balaban J connectivity index is -0.000000356. The summed E-state index contributed by atoms with van der Waals surface area (Å²) in [5.74, 6) is 0. The largest absolute Gasteiger partial charge is 1.00 e. The maximum absolute atomic E-state index is 8.94. The third-order valence-corrected chi connectivity index (χ3v) is 3.99. The third kappa shape index (κ3) is 10.9. The minimum absolute atomic E-state index is 0. The average Bonchev–Trinajstić information content (AvgIpc) is 2.54.